The number of anilines is 2. The topological polar surface area (TPSA) is 75.9 Å². The predicted octanol–water partition coefficient (Wildman–Crippen LogP) is 4.03. The summed E-state index contributed by atoms with van der Waals surface area (Å²) < 4.78 is 5.38. The molecular weight excluding hydrogens is 361 g/mol. The summed E-state index contributed by atoms with van der Waals surface area (Å²) in [5, 5.41) is 11.2. The number of nitrogens with one attached hydrogen (secondary N) is 2. The zero-order valence-electron chi connectivity index (χ0n) is 13.3. The molecule has 6 nitrogen and oxygen atoms in total. The number of aromatic nitrogens is 3. The molecule has 4 rings (SSSR count). The van der Waals surface area contributed by atoms with Gasteiger partial charge in [0.25, 0.3) is 0 Å². The zero-order valence-corrected chi connectivity index (χ0v) is 14.8. The summed E-state index contributed by atoms with van der Waals surface area (Å²) in [5.74, 6) is 2.26. The molecule has 0 bridgehead atoms. The summed E-state index contributed by atoms with van der Waals surface area (Å²) in [7, 11) is 0. The van der Waals surface area contributed by atoms with E-state index in [0.717, 1.165) is 30.8 Å². The molecule has 8 heteroatoms. The van der Waals surface area contributed by atoms with Crippen molar-refractivity contribution < 1.29 is 4.52 Å². The van der Waals surface area contributed by atoms with Gasteiger partial charge >= 0.3 is 0 Å². The van der Waals surface area contributed by atoms with Crippen molar-refractivity contribution in [2.24, 2.45) is 0 Å². The maximum atomic E-state index is 6.14. The number of nitrogens with zero attached hydrogens (tertiary/aromatic N) is 3. The van der Waals surface area contributed by atoms with Gasteiger partial charge in [0.05, 0.1) is 16.6 Å². The predicted molar refractivity (Wildman–Crippen MR) is 99.7 cm³/mol. The minimum absolute atomic E-state index is 0. The van der Waals surface area contributed by atoms with E-state index in [0.29, 0.717) is 28.5 Å². The number of hydrogen-bond donors (Lipinski definition) is 2. The van der Waals surface area contributed by atoms with Crippen molar-refractivity contribution in [1.82, 2.24) is 20.4 Å². The molecule has 2 aromatic heterocycles. The molecule has 0 radical (unpaired) electrons. The smallest absolute Gasteiger partial charge is 0.231 e. The van der Waals surface area contributed by atoms with Crippen molar-refractivity contribution in [3.63, 3.8) is 0 Å². The van der Waals surface area contributed by atoms with Gasteiger partial charge in [0.2, 0.25) is 11.7 Å². The first kappa shape index (κ1) is 17.7. The van der Waals surface area contributed by atoms with Gasteiger partial charge in [-0.15, -0.1) is 12.4 Å². The van der Waals surface area contributed by atoms with Crippen LogP contribution in [-0.4, -0.2) is 28.2 Å². The Kier molecular flexibility index (Phi) is 5.53. The van der Waals surface area contributed by atoms with E-state index >= 15 is 0 Å². The summed E-state index contributed by atoms with van der Waals surface area (Å²) >= 11 is 6.14. The number of rotatable bonds is 4. The van der Waals surface area contributed by atoms with Gasteiger partial charge < -0.3 is 15.2 Å². The number of halogens is 2. The lowest BCUT2D eigenvalue weighted by atomic mass is 10.1. The summed E-state index contributed by atoms with van der Waals surface area (Å²) in [6.07, 6.45) is 2.75. The Bertz CT molecular complexity index is 831. The molecule has 2 N–H and O–H groups in total. The van der Waals surface area contributed by atoms with Crippen LogP contribution in [0.1, 0.15) is 18.2 Å². The van der Waals surface area contributed by atoms with Crippen LogP contribution in [0.4, 0.5) is 11.5 Å². The molecule has 0 spiro atoms. The fraction of sp³-hybridized carbons (Fsp3) is 0.235. The van der Waals surface area contributed by atoms with E-state index in [9.17, 15) is 0 Å². The summed E-state index contributed by atoms with van der Waals surface area (Å²) in [6.45, 7) is 1.88. The Balaban J connectivity index is 0.00000182. The van der Waals surface area contributed by atoms with E-state index < -0.39 is 0 Å². The standard InChI is InChI=1S/C17H16ClN5O.ClH/c18-13-3-1-2-4-14(13)21-15-6-5-11(10-20-15)16-22-17(24-23-16)12-7-8-19-9-12;/h1-6,10,12,19H,7-9H2,(H,20,21);1H/t12-;/m1./s1. The number of hydrogen-bond acceptors (Lipinski definition) is 6. The molecule has 0 aliphatic carbocycles. The van der Waals surface area contributed by atoms with Crippen LogP contribution >= 0.6 is 24.0 Å². The molecular formula is C17H17Cl2N5O. The molecule has 1 fully saturated rings. The molecule has 3 heterocycles. The highest BCUT2D eigenvalue weighted by atomic mass is 35.5. The van der Waals surface area contributed by atoms with Crippen LogP contribution in [0.5, 0.6) is 0 Å². The maximum Gasteiger partial charge on any atom is 0.231 e. The minimum atomic E-state index is 0. The molecule has 1 saturated heterocycles. The summed E-state index contributed by atoms with van der Waals surface area (Å²) in [5.41, 5.74) is 1.63. The minimum Gasteiger partial charge on any atom is -0.339 e. The van der Waals surface area contributed by atoms with Gasteiger partial charge in [0.15, 0.2) is 0 Å². The van der Waals surface area contributed by atoms with Crippen molar-refractivity contribution in [2.45, 2.75) is 12.3 Å². The Morgan fingerprint density at radius 3 is 2.80 bits per heavy atom. The largest absolute Gasteiger partial charge is 0.339 e. The zero-order chi connectivity index (χ0) is 16.4. The van der Waals surface area contributed by atoms with E-state index in [-0.39, 0.29) is 12.4 Å². The lowest BCUT2D eigenvalue weighted by molar-refractivity contribution is 0.359. The second-order valence-electron chi connectivity index (χ2n) is 5.68. The summed E-state index contributed by atoms with van der Waals surface area (Å²) in [4.78, 5) is 8.89. The van der Waals surface area contributed by atoms with E-state index in [1.807, 2.05) is 36.4 Å². The van der Waals surface area contributed by atoms with Gasteiger partial charge in [-0.3, -0.25) is 0 Å². The monoisotopic (exact) mass is 377 g/mol. The third-order valence-electron chi connectivity index (χ3n) is 4.01. The van der Waals surface area contributed by atoms with Crippen molar-refractivity contribution in [3.05, 3.63) is 53.5 Å². The van der Waals surface area contributed by atoms with Crippen molar-refractivity contribution in [3.8, 4) is 11.4 Å². The first-order chi connectivity index (χ1) is 11.8. The van der Waals surface area contributed by atoms with Crippen LogP contribution in [0.15, 0.2) is 47.1 Å². The van der Waals surface area contributed by atoms with Crippen LogP contribution < -0.4 is 10.6 Å². The van der Waals surface area contributed by atoms with Crippen molar-refractivity contribution in [1.29, 1.82) is 0 Å². The quantitative estimate of drug-likeness (QED) is 0.714. The number of benzene rings is 1. The van der Waals surface area contributed by atoms with Gasteiger partial charge in [-0.2, -0.15) is 4.98 Å². The van der Waals surface area contributed by atoms with Crippen LogP contribution in [0.3, 0.4) is 0 Å². The highest BCUT2D eigenvalue weighted by Gasteiger charge is 2.23. The number of para-hydroxylation sites is 1. The van der Waals surface area contributed by atoms with Gasteiger partial charge in [-0.25, -0.2) is 4.98 Å². The highest BCUT2D eigenvalue weighted by molar-refractivity contribution is 6.33. The molecule has 1 aliphatic rings. The van der Waals surface area contributed by atoms with Crippen LogP contribution in [-0.2, 0) is 0 Å². The van der Waals surface area contributed by atoms with E-state index in [1.54, 1.807) is 6.20 Å². The normalized spacial score (nSPS) is 16.4. The Morgan fingerprint density at radius 1 is 1.20 bits per heavy atom. The number of pyridine rings is 1. The Morgan fingerprint density at radius 2 is 2.08 bits per heavy atom. The van der Waals surface area contributed by atoms with Gasteiger partial charge in [0, 0.05) is 18.3 Å². The highest BCUT2D eigenvalue weighted by Crippen LogP contribution is 2.26. The lowest BCUT2D eigenvalue weighted by Crippen LogP contribution is -2.08. The third kappa shape index (κ3) is 3.92. The molecule has 0 amide bonds. The fourth-order valence-corrected chi connectivity index (χ4v) is 2.87. The molecule has 25 heavy (non-hydrogen) atoms. The Hall–Kier alpha value is -2.15. The van der Waals surface area contributed by atoms with Crippen LogP contribution in [0, 0.1) is 0 Å². The van der Waals surface area contributed by atoms with E-state index in [4.69, 9.17) is 16.1 Å². The SMILES string of the molecule is Cl.Clc1ccccc1Nc1ccc(-c2noc([C@@H]3CCNC3)n2)cn1. The Labute approximate surface area is 156 Å². The maximum absolute atomic E-state index is 6.14. The van der Waals surface area contributed by atoms with Gasteiger partial charge in [-0.05, 0) is 37.2 Å². The lowest BCUT2D eigenvalue weighted by Gasteiger charge is -2.07. The average Bonchev–Trinajstić information content (AvgIpc) is 3.29. The first-order valence-electron chi connectivity index (χ1n) is 7.82. The molecule has 1 aliphatic heterocycles. The van der Waals surface area contributed by atoms with Crippen molar-refractivity contribution >= 4 is 35.5 Å². The average molecular weight is 378 g/mol. The first-order valence-corrected chi connectivity index (χ1v) is 8.20. The second-order valence-corrected chi connectivity index (χ2v) is 6.09. The third-order valence-corrected chi connectivity index (χ3v) is 4.34. The van der Waals surface area contributed by atoms with Crippen LogP contribution in [0.2, 0.25) is 5.02 Å². The molecule has 3 aromatic rings. The summed E-state index contributed by atoms with van der Waals surface area (Å²) in [6, 6.07) is 11.3. The molecule has 1 aromatic carbocycles. The van der Waals surface area contributed by atoms with Crippen LogP contribution in [0.25, 0.3) is 11.4 Å². The van der Waals surface area contributed by atoms with E-state index in [1.165, 1.54) is 0 Å². The second kappa shape index (κ2) is 7.82. The molecule has 0 unspecified atom stereocenters. The van der Waals surface area contributed by atoms with Gasteiger partial charge in [-0.1, -0.05) is 28.9 Å². The van der Waals surface area contributed by atoms with E-state index in [2.05, 4.69) is 25.8 Å². The molecule has 0 saturated carbocycles. The van der Waals surface area contributed by atoms with Crippen molar-refractivity contribution in [2.75, 3.05) is 18.4 Å². The molecule has 1 atom stereocenters. The van der Waals surface area contributed by atoms with Gasteiger partial charge in [0.1, 0.15) is 5.82 Å². The fourth-order valence-electron chi connectivity index (χ4n) is 2.68. The molecule has 130 valence electrons.